The lowest BCUT2D eigenvalue weighted by molar-refractivity contribution is 0.0744. The summed E-state index contributed by atoms with van der Waals surface area (Å²) < 4.78 is 10.8. The van der Waals surface area contributed by atoms with Gasteiger partial charge in [0.15, 0.2) is 0 Å². The van der Waals surface area contributed by atoms with Crippen molar-refractivity contribution in [2.45, 2.75) is 12.5 Å². The molecule has 0 saturated carbocycles. The third kappa shape index (κ3) is 6.13. The molecule has 94 valence electrons. The molecule has 0 aromatic heterocycles. The van der Waals surface area contributed by atoms with Crippen LogP contribution in [-0.2, 0) is 4.74 Å². The highest BCUT2D eigenvalue weighted by Gasteiger charge is 2.06. The Kier molecular flexibility index (Phi) is 5.79. The molecule has 1 aromatic rings. The molecule has 0 heterocycles. The predicted octanol–water partition coefficient (Wildman–Crippen LogP) is 1.67. The van der Waals surface area contributed by atoms with E-state index in [0.29, 0.717) is 5.75 Å². The highest BCUT2D eigenvalue weighted by molar-refractivity contribution is 9.10. The molecule has 3 N–H and O–H groups in total. The maximum Gasteiger partial charge on any atom is 0.404 e. The van der Waals surface area contributed by atoms with Crippen LogP contribution in [0.15, 0.2) is 28.7 Å². The molecular formula is C11H14BrNO4. The first kappa shape index (κ1) is 13.8. The fraction of sp³-hybridized carbons (Fsp3) is 0.364. The van der Waals surface area contributed by atoms with Gasteiger partial charge in [0.05, 0.1) is 12.7 Å². The minimum absolute atomic E-state index is 0.0817. The fourth-order valence-corrected chi connectivity index (χ4v) is 1.51. The van der Waals surface area contributed by atoms with Crippen molar-refractivity contribution in [2.24, 2.45) is 5.73 Å². The summed E-state index contributed by atoms with van der Waals surface area (Å²) in [6.07, 6.45) is -1.25. The van der Waals surface area contributed by atoms with Crippen molar-refractivity contribution >= 4 is 22.0 Å². The minimum atomic E-state index is -0.842. The molecule has 1 amide bonds. The SMILES string of the molecule is NC(=O)OCCC(O)COc1cccc(Br)c1. The minimum Gasteiger partial charge on any atom is -0.491 e. The number of aliphatic hydroxyl groups excluding tert-OH is 1. The number of carbonyl (C=O) groups is 1. The number of benzene rings is 1. The average molecular weight is 304 g/mol. The Labute approximate surface area is 108 Å². The summed E-state index contributed by atoms with van der Waals surface area (Å²) in [6.45, 7) is 0.219. The summed E-state index contributed by atoms with van der Waals surface area (Å²) in [7, 11) is 0. The highest BCUT2D eigenvalue weighted by atomic mass is 79.9. The molecule has 1 unspecified atom stereocenters. The lowest BCUT2D eigenvalue weighted by Gasteiger charge is -2.12. The van der Waals surface area contributed by atoms with Gasteiger partial charge in [0.1, 0.15) is 12.4 Å². The topological polar surface area (TPSA) is 81.8 Å². The Morgan fingerprint density at radius 2 is 2.29 bits per heavy atom. The summed E-state index contributed by atoms with van der Waals surface area (Å²) >= 11 is 3.31. The lowest BCUT2D eigenvalue weighted by Crippen LogP contribution is -2.22. The van der Waals surface area contributed by atoms with Gasteiger partial charge in [-0.15, -0.1) is 0 Å². The van der Waals surface area contributed by atoms with E-state index in [9.17, 15) is 9.90 Å². The van der Waals surface area contributed by atoms with E-state index in [4.69, 9.17) is 10.5 Å². The van der Waals surface area contributed by atoms with Gasteiger partial charge in [0.25, 0.3) is 0 Å². The average Bonchev–Trinajstić information content (AvgIpc) is 2.26. The number of hydrogen-bond donors (Lipinski definition) is 2. The number of halogens is 1. The van der Waals surface area contributed by atoms with Gasteiger partial charge in [-0.1, -0.05) is 22.0 Å². The standard InChI is InChI=1S/C11H14BrNO4/c12-8-2-1-3-10(6-8)17-7-9(14)4-5-16-11(13)15/h1-3,6,9,14H,4-5,7H2,(H2,13,15). The normalized spacial score (nSPS) is 11.9. The number of amides is 1. The first-order chi connectivity index (χ1) is 8.08. The van der Waals surface area contributed by atoms with Crippen LogP contribution in [-0.4, -0.2) is 30.5 Å². The highest BCUT2D eigenvalue weighted by Crippen LogP contribution is 2.17. The van der Waals surface area contributed by atoms with Gasteiger partial charge in [-0.05, 0) is 18.2 Å². The van der Waals surface area contributed by atoms with E-state index in [1.165, 1.54) is 0 Å². The van der Waals surface area contributed by atoms with Crippen LogP contribution in [0.25, 0.3) is 0 Å². The number of nitrogens with two attached hydrogens (primary N) is 1. The van der Waals surface area contributed by atoms with Crippen molar-refractivity contribution in [1.82, 2.24) is 0 Å². The third-order valence-electron chi connectivity index (χ3n) is 1.93. The Bertz CT molecular complexity index is 372. The maximum absolute atomic E-state index is 10.3. The van der Waals surface area contributed by atoms with Crippen molar-refractivity contribution in [3.05, 3.63) is 28.7 Å². The zero-order valence-corrected chi connectivity index (χ0v) is 10.7. The summed E-state index contributed by atoms with van der Waals surface area (Å²) in [4.78, 5) is 10.3. The summed E-state index contributed by atoms with van der Waals surface area (Å²) in [5, 5.41) is 9.52. The van der Waals surface area contributed by atoms with Gasteiger partial charge in [-0.3, -0.25) is 0 Å². The second kappa shape index (κ2) is 7.13. The molecular weight excluding hydrogens is 290 g/mol. The summed E-state index contributed by atoms with van der Waals surface area (Å²) in [5.41, 5.74) is 4.78. The molecule has 5 nitrogen and oxygen atoms in total. The van der Waals surface area contributed by atoms with E-state index in [-0.39, 0.29) is 19.6 Å². The number of hydrogen-bond acceptors (Lipinski definition) is 4. The van der Waals surface area contributed by atoms with E-state index < -0.39 is 12.2 Å². The number of rotatable bonds is 6. The lowest BCUT2D eigenvalue weighted by atomic mass is 10.3. The first-order valence-corrected chi connectivity index (χ1v) is 5.86. The molecule has 0 bridgehead atoms. The molecule has 0 aliphatic heterocycles. The van der Waals surface area contributed by atoms with Crippen LogP contribution in [0.3, 0.4) is 0 Å². The Balaban J connectivity index is 2.23. The van der Waals surface area contributed by atoms with Crippen molar-refractivity contribution in [3.8, 4) is 5.75 Å². The van der Waals surface area contributed by atoms with E-state index in [1.54, 1.807) is 12.1 Å². The van der Waals surface area contributed by atoms with Gasteiger partial charge < -0.3 is 20.3 Å². The second-order valence-electron chi connectivity index (χ2n) is 3.38. The van der Waals surface area contributed by atoms with Gasteiger partial charge in [-0.2, -0.15) is 0 Å². The zero-order chi connectivity index (χ0) is 12.7. The van der Waals surface area contributed by atoms with Crippen LogP contribution >= 0.6 is 15.9 Å². The first-order valence-electron chi connectivity index (χ1n) is 5.06. The van der Waals surface area contributed by atoms with Crippen molar-refractivity contribution in [3.63, 3.8) is 0 Å². The molecule has 0 aliphatic carbocycles. The molecule has 6 heteroatoms. The number of aliphatic hydroxyl groups is 1. The zero-order valence-electron chi connectivity index (χ0n) is 9.14. The summed E-state index contributed by atoms with van der Waals surface area (Å²) in [6, 6.07) is 7.30. The molecule has 0 saturated heterocycles. The van der Waals surface area contributed by atoms with E-state index in [2.05, 4.69) is 20.7 Å². The van der Waals surface area contributed by atoms with Crippen LogP contribution in [0.4, 0.5) is 4.79 Å². The molecule has 1 rings (SSSR count). The molecule has 0 aliphatic rings. The predicted molar refractivity (Wildman–Crippen MR) is 65.8 cm³/mol. The maximum atomic E-state index is 10.3. The smallest absolute Gasteiger partial charge is 0.404 e. The van der Waals surface area contributed by atoms with Crippen LogP contribution in [0, 0.1) is 0 Å². The Hall–Kier alpha value is -1.27. The van der Waals surface area contributed by atoms with Gasteiger partial charge in [0.2, 0.25) is 0 Å². The van der Waals surface area contributed by atoms with Gasteiger partial charge >= 0.3 is 6.09 Å². The molecule has 1 aromatic carbocycles. The molecule has 0 spiro atoms. The van der Waals surface area contributed by atoms with Gasteiger partial charge in [-0.25, -0.2) is 4.79 Å². The number of primary amides is 1. The van der Waals surface area contributed by atoms with Crippen LogP contribution in [0.2, 0.25) is 0 Å². The van der Waals surface area contributed by atoms with E-state index in [1.807, 2.05) is 12.1 Å². The van der Waals surface area contributed by atoms with Crippen LogP contribution < -0.4 is 10.5 Å². The third-order valence-corrected chi connectivity index (χ3v) is 2.43. The van der Waals surface area contributed by atoms with Crippen molar-refractivity contribution in [2.75, 3.05) is 13.2 Å². The van der Waals surface area contributed by atoms with E-state index >= 15 is 0 Å². The quantitative estimate of drug-likeness (QED) is 0.837. The molecule has 0 radical (unpaired) electrons. The Morgan fingerprint density at radius 3 is 2.94 bits per heavy atom. The van der Waals surface area contributed by atoms with Gasteiger partial charge in [0, 0.05) is 10.9 Å². The van der Waals surface area contributed by atoms with Crippen molar-refractivity contribution in [1.29, 1.82) is 0 Å². The molecule has 0 fully saturated rings. The van der Waals surface area contributed by atoms with E-state index in [0.717, 1.165) is 4.47 Å². The second-order valence-corrected chi connectivity index (χ2v) is 4.29. The largest absolute Gasteiger partial charge is 0.491 e. The number of carbonyl (C=O) groups excluding carboxylic acids is 1. The molecule has 1 atom stereocenters. The number of ether oxygens (including phenoxy) is 2. The monoisotopic (exact) mass is 303 g/mol. The van der Waals surface area contributed by atoms with Crippen molar-refractivity contribution < 1.29 is 19.4 Å². The Morgan fingerprint density at radius 1 is 1.53 bits per heavy atom. The van der Waals surface area contributed by atoms with Crippen LogP contribution in [0.5, 0.6) is 5.75 Å². The van der Waals surface area contributed by atoms with Crippen LogP contribution in [0.1, 0.15) is 6.42 Å². The summed E-state index contributed by atoms with van der Waals surface area (Å²) in [5.74, 6) is 0.661. The molecule has 17 heavy (non-hydrogen) atoms. The fourth-order valence-electron chi connectivity index (χ4n) is 1.13.